The third-order valence-corrected chi connectivity index (χ3v) is 11.6. The third-order valence-electron chi connectivity index (χ3n) is 9.98. The molecule has 2 saturated heterocycles. The average Bonchev–Trinajstić information content (AvgIpc) is 3.71. The van der Waals surface area contributed by atoms with E-state index in [1.165, 1.54) is 26.9 Å². The van der Waals surface area contributed by atoms with Crippen LogP contribution in [0.2, 0.25) is 0 Å². The number of benzene rings is 1. The zero-order valence-electron chi connectivity index (χ0n) is 24.7. The Balaban J connectivity index is 1.39. The molecule has 1 aromatic rings. The van der Waals surface area contributed by atoms with Gasteiger partial charge in [-0.2, -0.15) is 5.09 Å². The van der Waals surface area contributed by atoms with Crippen molar-refractivity contribution in [1.29, 1.82) is 0 Å². The van der Waals surface area contributed by atoms with Gasteiger partial charge in [-0.1, -0.05) is 31.2 Å². The van der Waals surface area contributed by atoms with Crippen molar-refractivity contribution in [3.63, 3.8) is 0 Å². The molecule has 1 spiro atoms. The van der Waals surface area contributed by atoms with Crippen LogP contribution in [0.1, 0.15) is 52.9 Å². The first-order valence-corrected chi connectivity index (χ1v) is 16.5. The summed E-state index contributed by atoms with van der Waals surface area (Å²) in [4.78, 5) is 28.2. The van der Waals surface area contributed by atoms with Crippen molar-refractivity contribution in [1.82, 2.24) is 9.99 Å². The molecule has 10 nitrogen and oxygen atoms in total. The molecule has 4 fully saturated rings. The standard InChI is InChI=1S/C31H41N2O8P/c1-5-23(34)28-31-15-16-33(18-20-11-12-20)25(30(31,3)36)17-21-13-14-24(27(39-28)26(21)31)41-42(37,32-19(2)29(35)38-4)40-22-9-7-6-8-10-22/h6-10,13-14,19-21,25-26,28,36H,5,11-12,15-18H2,1-4H3,(H,32,37)/t19-,21?,25+,26?,28?,30?,31-,42?/m0/s1. The normalized spacial score (nSPS) is 35.5. The highest BCUT2D eigenvalue weighted by Crippen LogP contribution is 2.67. The first-order valence-electron chi connectivity index (χ1n) is 15.0. The lowest BCUT2D eigenvalue weighted by Crippen LogP contribution is -2.73. The van der Waals surface area contributed by atoms with Gasteiger partial charge in [-0.05, 0) is 76.1 Å². The van der Waals surface area contributed by atoms with Gasteiger partial charge in [-0.25, -0.2) is 4.57 Å². The number of fused-ring (bicyclic) bond motifs is 1. The van der Waals surface area contributed by atoms with Gasteiger partial charge in [0.1, 0.15) is 17.6 Å². The monoisotopic (exact) mass is 600 g/mol. The number of nitrogens with one attached hydrogen (secondary N) is 1. The number of nitrogens with zero attached hydrogens (tertiary/aromatic N) is 1. The van der Waals surface area contributed by atoms with Crippen LogP contribution in [0.25, 0.3) is 0 Å². The van der Waals surface area contributed by atoms with E-state index >= 15 is 0 Å². The molecule has 3 aliphatic carbocycles. The second kappa shape index (κ2) is 10.8. The van der Waals surface area contributed by atoms with Gasteiger partial charge in [-0.15, -0.1) is 0 Å². The van der Waals surface area contributed by atoms with Gasteiger partial charge >= 0.3 is 13.7 Å². The minimum atomic E-state index is -4.24. The van der Waals surface area contributed by atoms with Gasteiger partial charge in [0.25, 0.3) is 0 Å². The fourth-order valence-electron chi connectivity index (χ4n) is 7.77. The molecule has 0 amide bonds. The maximum atomic E-state index is 14.3. The quantitative estimate of drug-likeness (QED) is 0.280. The molecule has 0 radical (unpaired) electrons. The zero-order chi connectivity index (χ0) is 29.9. The Labute approximate surface area is 247 Å². The van der Waals surface area contributed by atoms with Crippen LogP contribution in [-0.2, 0) is 28.2 Å². The molecule has 8 atom stereocenters. The minimum Gasteiger partial charge on any atom is -0.482 e. The van der Waals surface area contributed by atoms with Gasteiger partial charge < -0.3 is 23.6 Å². The molecule has 5 unspecified atom stereocenters. The summed E-state index contributed by atoms with van der Waals surface area (Å²) in [5.74, 6) is 0.492. The molecule has 0 aromatic heterocycles. The molecule has 5 aliphatic rings. The molecule has 2 N–H and O–H groups in total. The summed E-state index contributed by atoms with van der Waals surface area (Å²) in [7, 11) is -2.99. The van der Waals surface area contributed by atoms with Crippen molar-refractivity contribution in [2.75, 3.05) is 20.2 Å². The summed E-state index contributed by atoms with van der Waals surface area (Å²) in [6.07, 6.45) is 6.93. The fourth-order valence-corrected chi connectivity index (χ4v) is 9.30. The summed E-state index contributed by atoms with van der Waals surface area (Å²) >= 11 is 0. The number of likely N-dealkylation sites (tertiary alicyclic amines) is 1. The van der Waals surface area contributed by atoms with Crippen molar-refractivity contribution >= 4 is 19.5 Å². The summed E-state index contributed by atoms with van der Waals surface area (Å²) in [6.45, 7) is 6.93. The highest BCUT2D eigenvalue weighted by molar-refractivity contribution is 7.52. The van der Waals surface area contributed by atoms with Crippen molar-refractivity contribution in [3.05, 3.63) is 54.0 Å². The molecule has 2 aliphatic heterocycles. The zero-order valence-corrected chi connectivity index (χ0v) is 25.5. The number of aliphatic hydroxyl groups is 1. The number of allylic oxidation sites excluding steroid dienone is 3. The predicted molar refractivity (Wildman–Crippen MR) is 154 cm³/mol. The second-order valence-corrected chi connectivity index (χ2v) is 14.2. The molecule has 1 aromatic carbocycles. The third kappa shape index (κ3) is 4.80. The van der Waals surface area contributed by atoms with E-state index in [9.17, 15) is 19.3 Å². The smallest absolute Gasteiger partial charge is 0.482 e. The van der Waals surface area contributed by atoms with E-state index in [0.29, 0.717) is 24.5 Å². The SMILES string of the molecule is CCC(=O)C1OC2=C(OP(=O)(N[C@@H](C)C(=O)OC)Oc3ccccc3)C=CC3C[C@H]4N(CC5CC5)CC[C@@]1(C23)C4(C)O. The molecular formula is C31H41N2O8P. The average molecular weight is 601 g/mol. The highest BCUT2D eigenvalue weighted by atomic mass is 31.2. The van der Waals surface area contributed by atoms with Crippen LogP contribution in [0, 0.1) is 23.2 Å². The van der Waals surface area contributed by atoms with E-state index < -0.39 is 36.9 Å². The van der Waals surface area contributed by atoms with Gasteiger partial charge in [0.15, 0.2) is 17.6 Å². The van der Waals surface area contributed by atoms with E-state index in [-0.39, 0.29) is 41.6 Å². The Morgan fingerprint density at radius 1 is 1.24 bits per heavy atom. The van der Waals surface area contributed by atoms with Gasteiger partial charge in [0.2, 0.25) is 0 Å². The maximum Gasteiger partial charge on any atom is 0.513 e. The van der Waals surface area contributed by atoms with Crippen molar-refractivity contribution in [2.24, 2.45) is 23.2 Å². The largest absolute Gasteiger partial charge is 0.513 e. The number of carbonyl (C=O) groups excluding carboxylic acids is 2. The Morgan fingerprint density at radius 3 is 2.64 bits per heavy atom. The topological polar surface area (TPSA) is 124 Å². The second-order valence-electron chi connectivity index (χ2n) is 12.5. The van der Waals surface area contributed by atoms with Crippen LogP contribution in [0.4, 0.5) is 0 Å². The van der Waals surface area contributed by atoms with Crippen LogP contribution in [0.3, 0.4) is 0 Å². The Bertz CT molecular complexity index is 1340. The number of para-hydroxylation sites is 1. The molecule has 2 heterocycles. The predicted octanol–water partition coefficient (Wildman–Crippen LogP) is 4.36. The molecule has 11 heteroatoms. The summed E-state index contributed by atoms with van der Waals surface area (Å²) in [5, 5.41) is 15.1. The lowest BCUT2D eigenvalue weighted by atomic mass is 9.47. The molecule has 6 rings (SSSR count). The Kier molecular flexibility index (Phi) is 7.57. The number of hydrogen-bond donors (Lipinski definition) is 2. The number of ketones is 1. The van der Waals surface area contributed by atoms with E-state index in [1.807, 2.05) is 19.9 Å². The fraction of sp³-hybridized carbons (Fsp3) is 0.613. The number of carbonyl (C=O) groups is 2. The molecule has 42 heavy (non-hydrogen) atoms. The number of esters is 1. The number of hydrogen-bond acceptors (Lipinski definition) is 9. The van der Waals surface area contributed by atoms with Crippen molar-refractivity contribution in [3.8, 4) is 5.75 Å². The number of Topliss-reactive ketones (excluding diaryl/α,β-unsaturated/α-hetero) is 1. The van der Waals surface area contributed by atoms with Crippen molar-refractivity contribution < 1.29 is 37.8 Å². The Morgan fingerprint density at radius 2 is 1.98 bits per heavy atom. The molecule has 2 saturated carbocycles. The Hall–Kier alpha value is -2.65. The number of ether oxygens (including phenoxy) is 2. The lowest BCUT2D eigenvalue weighted by Gasteiger charge is -2.63. The van der Waals surface area contributed by atoms with E-state index in [4.69, 9.17) is 18.5 Å². The minimum absolute atomic E-state index is 0.00520. The van der Waals surface area contributed by atoms with Gasteiger partial charge in [-0.3, -0.25) is 14.5 Å². The number of rotatable bonds is 11. The van der Waals surface area contributed by atoms with Crippen LogP contribution < -0.4 is 9.61 Å². The first-order chi connectivity index (χ1) is 20.0. The summed E-state index contributed by atoms with van der Waals surface area (Å²) < 4.78 is 37.6. The van der Waals surface area contributed by atoms with Crippen LogP contribution in [0.15, 0.2) is 54.0 Å². The van der Waals surface area contributed by atoms with E-state index in [1.54, 1.807) is 36.4 Å². The van der Waals surface area contributed by atoms with Crippen LogP contribution in [0.5, 0.6) is 5.75 Å². The maximum absolute atomic E-state index is 14.3. The van der Waals surface area contributed by atoms with E-state index in [0.717, 1.165) is 13.1 Å². The highest BCUT2D eigenvalue weighted by Gasteiger charge is 2.74. The van der Waals surface area contributed by atoms with E-state index in [2.05, 4.69) is 9.99 Å². The van der Waals surface area contributed by atoms with Crippen LogP contribution >= 0.6 is 7.75 Å². The summed E-state index contributed by atoms with van der Waals surface area (Å²) in [6, 6.07) is 7.42. The molecular weight excluding hydrogens is 559 g/mol. The molecule has 228 valence electrons. The van der Waals surface area contributed by atoms with Crippen molar-refractivity contribution in [2.45, 2.75) is 76.7 Å². The molecule has 2 bridgehead atoms. The number of methoxy groups -OCH3 is 1. The number of piperidine rings is 1. The summed E-state index contributed by atoms with van der Waals surface area (Å²) in [5.41, 5.74) is -2.06. The van der Waals surface area contributed by atoms with Crippen LogP contribution in [-0.4, -0.2) is 65.7 Å². The van der Waals surface area contributed by atoms with Gasteiger partial charge in [0, 0.05) is 24.9 Å². The first kappa shape index (κ1) is 29.4. The lowest BCUT2D eigenvalue weighted by molar-refractivity contribution is -0.222. The van der Waals surface area contributed by atoms with Gasteiger partial charge in [0.05, 0.1) is 18.1 Å².